The first-order valence-electron chi connectivity index (χ1n) is 6.46. The Bertz CT molecular complexity index is 435. The number of rotatable bonds is 7. The van der Waals surface area contributed by atoms with Gasteiger partial charge in [0.1, 0.15) is 4.99 Å². The van der Waals surface area contributed by atoms with Crippen LogP contribution in [-0.2, 0) is 0 Å². The predicted molar refractivity (Wildman–Crippen MR) is 88.3 cm³/mol. The van der Waals surface area contributed by atoms with Gasteiger partial charge < -0.3 is 15.7 Å². The number of thioether (sulfide) groups is 1. The fourth-order valence-corrected chi connectivity index (χ4v) is 3.17. The highest BCUT2D eigenvalue weighted by Gasteiger charge is 2.18. The highest BCUT2D eigenvalue weighted by atomic mass is 32.2. The van der Waals surface area contributed by atoms with Crippen LogP contribution < -0.4 is 10.6 Å². The second-order valence-corrected chi connectivity index (χ2v) is 6.20. The van der Waals surface area contributed by atoms with Crippen molar-refractivity contribution in [2.24, 2.45) is 5.73 Å². The lowest BCUT2D eigenvalue weighted by atomic mass is 10.1. The Labute approximate surface area is 125 Å². The van der Waals surface area contributed by atoms with E-state index in [1.54, 1.807) is 11.8 Å². The first-order chi connectivity index (χ1) is 9.02. The summed E-state index contributed by atoms with van der Waals surface area (Å²) in [7, 11) is 0. The zero-order valence-corrected chi connectivity index (χ0v) is 13.4. The van der Waals surface area contributed by atoms with Crippen LogP contribution in [0.25, 0.3) is 0 Å². The van der Waals surface area contributed by atoms with Gasteiger partial charge in [-0.1, -0.05) is 25.2 Å². The third kappa shape index (κ3) is 4.09. The molecule has 106 valence electrons. The fraction of sp³-hybridized carbons (Fsp3) is 0.500. The van der Waals surface area contributed by atoms with Crippen LogP contribution in [0.2, 0.25) is 0 Å². The molecule has 19 heavy (non-hydrogen) atoms. The van der Waals surface area contributed by atoms with E-state index in [4.69, 9.17) is 18.0 Å². The number of nitrogens with two attached hydrogens (primary N) is 1. The normalized spacial score (nSPS) is 10.8. The van der Waals surface area contributed by atoms with Crippen molar-refractivity contribution in [2.45, 2.75) is 31.7 Å². The summed E-state index contributed by atoms with van der Waals surface area (Å²) in [6.07, 6.45) is 0. The van der Waals surface area contributed by atoms with Crippen LogP contribution in [0.3, 0.4) is 0 Å². The summed E-state index contributed by atoms with van der Waals surface area (Å²) < 4.78 is 0. The van der Waals surface area contributed by atoms with Gasteiger partial charge in [-0.2, -0.15) is 0 Å². The van der Waals surface area contributed by atoms with Gasteiger partial charge in [0.15, 0.2) is 0 Å². The predicted octanol–water partition coefficient (Wildman–Crippen LogP) is 2.64. The minimum Gasteiger partial charge on any atom is -0.395 e. The van der Waals surface area contributed by atoms with Gasteiger partial charge in [-0.05, 0) is 31.7 Å². The average molecular weight is 298 g/mol. The molecule has 1 aromatic carbocycles. The maximum absolute atomic E-state index is 9.24. The molecule has 0 spiro atoms. The van der Waals surface area contributed by atoms with Gasteiger partial charge in [0.05, 0.1) is 6.61 Å². The lowest BCUT2D eigenvalue weighted by Gasteiger charge is -2.31. The summed E-state index contributed by atoms with van der Waals surface area (Å²) in [5, 5.41) is 9.24. The lowest BCUT2D eigenvalue weighted by Crippen LogP contribution is -2.35. The first kappa shape index (κ1) is 16.3. The van der Waals surface area contributed by atoms with Crippen molar-refractivity contribution in [3.05, 3.63) is 23.8 Å². The summed E-state index contributed by atoms with van der Waals surface area (Å²) >= 11 is 6.95. The van der Waals surface area contributed by atoms with Crippen LogP contribution >= 0.6 is 24.0 Å². The summed E-state index contributed by atoms with van der Waals surface area (Å²) in [5.74, 6) is 0.973. The van der Waals surface area contributed by atoms with Crippen molar-refractivity contribution in [1.82, 2.24) is 0 Å². The molecule has 1 aromatic rings. The van der Waals surface area contributed by atoms with Crippen molar-refractivity contribution < 1.29 is 5.11 Å². The Morgan fingerprint density at radius 2 is 2.16 bits per heavy atom. The molecule has 0 aromatic heterocycles. The number of aliphatic hydroxyl groups excluding tert-OH is 1. The number of benzene rings is 1. The van der Waals surface area contributed by atoms with Gasteiger partial charge in [-0.3, -0.25) is 0 Å². The van der Waals surface area contributed by atoms with Gasteiger partial charge in [-0.25, -0.2) is 0 Å². The maximum Gasteiger partial charge on any atom is 0.107 e. The molecule has 3 nitrogen and oxygen atoms in total. The molecule has 0 aliphatic rings. The lowest BCUT2D eigenvalue weighted by molar-refractivity contribution is 0.299. The average Bonchev–Trinajstić information content (AvgIpc) is 2.35. The van der Waals surface area contributed by atoms with Crippen molar-refractivity contribution in [1.29, 1.82) is 0 Å². The number of hydrogen-bond donors (Lipinski definition) is 2. The molecule has 0 fully saturated rings. The highest BCUT2D eigenvalue weighted by Crippen LogP contribution is 2.31. The molecular formula is C14H22N2OS2. The van der Waals surface area contributed by atoms with Crippen molar-refractivity contribution in [3.8, 4) is 0 Å². The summed E-state index contributed by atoms with van der Waals surface area (Å²) in [6, 6.07) is 6.36. The number of hydrogen-bond acceptors (Lipinski definition) is 4. The fourth-order valence-electron chi connectivity index (χ4n) is 2.05. The SMILES string of the molecule is CCSc1cccc(N(CCO)C(C)C)c1C(N)=S. The van der Waals surface area contributed by atoms with E-state index >= 15 is 0 Å². The molecule has 0 aliphatic heterocycles. The molecule has 0 saturated carbocycles. The van der Waals surface area contributed by atoms with Gasteiger partial charge >= 0.3 is 0 Å². The number of thiocarbonyl (C=S) groups is 1. The number of aliphatic hydroxyl groups is 1. The van der Waals surface area contributed by atoms with Crippen molar-refractivity contribution in [2.75, 3.05) is 23.8 Å². The molecule has 0 aliphatic carbocycles. The quantitative estimate of drug-likeness (QED) is 0.599. The monoisotopic (exact) mass is 298 g/mol. The van der Waals surface area contributed by atoms with Gasteiger partial charge in [-0.15, -0.1) is 11.8 Å². The van der Waals surface area contributed by atoms with Crippen LogP contribution in [0.15, 0.2) is 23.1 Å². The number of anilines is 1. The van der Waals surface area contributed by atoms with Gasteiger partial charge in [0.25, 0.3) is 0 Å². The van der Waals surface area contributed by atoms with Crippen LogP contribution in [-0.4, -0.2) is 35.0 Å². The zero-order valence-electron chi connectivity index (χ0n) is 11.7. The van der Waals surface area contributed by atoms with E-state index in [-0.39, 0.29) is 12.6 Å². The Hall–Kier alpha value is -0.780. The van der Waals surface area contributed by atoms with Crippen LogP contribution in [0.4, 0.5) is 5.69 Å². The Morgan fingerprint density at radius 3 is 2.63 bits per heavy atom. The first-order valence-corrected chi connectivity index (χ1v) is 7.85. The molecule has 0 amide bonds. The number of nitrogens with zero attached hydrogens (tertiary/aromatic N) is 1. The maximum atomic E-state index is 9.24. The summed E-state index contributed by atoms with van der Waals surface area (Å²) in [5.41, 5.74) is 7.84. The minimum atomic E-state index is 0.111. The molecule has 0 heterocycles. The van der Waals surface area contributed by atoms with Crippen molar-refractivity contribution >= 4 is 34.7 Å². The van der Waals surface area contributed by atoms with E-state index in [0.717, 1.165) is 21.9 Å². The molecule has 5 heteroatoms. The third-order valence-corrected chi connectivity index (χ3v) is 3.97. The van der Waals surface area contributed by atoms with E-state index < -0.39 is 0 Å². The Morgan fingerprint density at radius 1 is 1.47 bits per heavy atom. The summed E-state index contributed by atoms with van der Waals surface area (Å²) in [4.78, 5) is 3.65. The van der Waals surface area contributed by atoms with E-state index in [0.29, 0.717) is 11.5 Å². The minimum absolute atomic E-state index is 0.111. The second kappa shape index (κ2) is 7.72. The van der Waals surface area contributed by atoms with E-state index in [1.807, 2.05) is 18.2 Å². The molecule has 0 bridgehead atoms. The zero-order chi connectivity index (χ0) is 14.4. The highest BCUT2D eigenvalue weighted by molar-refractivity contribution is 7.99. The molecule has 0 radical (unpaired) electrons. The molecule has 1 rings (SSSR count). The standard InChI is InChI=1S/C14H22N2OS2/c1-4-19-12-7-5-6-11(13(12)14(15)18)16(8-9-17)10(2)3/h5-7,10,17H,4,8-9H2,1-3H3,(H2,15,18). The van der Waals surface area contributed by atoms with Crippen LogP contribution in [0.1, 0.15) is 26.3 Å². The van der Waals surface area contributed by atoms with Crippen molar-refractivity contribution in [3.63, 3.8) is 0 Å². The molecule has 0 saturated heterocycles. The Balaban J connectivity index is 3.31. The van der Waals surface area contributed by atoms with Crippen LogP contribution in [0, 0.1) is 0 Å². The van der Waals surface area contributed by atoms with E-state index in [9.17, 15) is 5.11 Å². The molecule has 0 atom stereocenters. The topological polar surface area (TPSA) is 49.5 Å². The van der Waals surface area contributed by atoms with E-state index in [2.05, 4.69) is 25.7 Å². The Kier molecular flexibility index (Phi) is 6.62. The largest absolute Gasteiger partial charge is 0.395 e. The third-order valence-electron chi connectivity index (χ3n) is 2.82. The second-order valence-electron chi connectivity index (χ2n) is 4.46. The smallest absolute Gasteiger partial charge is 0.107 e. The van der Waals surface area contributed by atoms with Crippen LogP contribution in [0.5, 0.6) is 0 Å². The van der Waals surface area contributed by atoms with Gasteiger partial charge in [0, 0.05) is 28.7 Å². The molecule has 0 unspecified atom stereocenters. The summed E-state index contributed by atoms with van der Waals surface area (Å²) in [6.45, 7) is 6.99. The van der Waals surface area contributed by atoms with E-state index in [1.165, 1.54) is 0 Å². The molecular weight excluding hydrogens is 276 g/mol. The van der Waals surface area contributed by atoms with Gasteiger partial charge in [0.2, 0.25) is 0 Å². The molecule has 3 N–H and O–H groups in total.